The Bertz CT molecular complexity index is 484. The Balaban J connectivity index is 2.49. The van der Waals surface area contributed by atoms with Crippen LogP contribution in [0.25, 0.3) is 0 Å². The number of piperazine rings is 1. The van der Waals surface area contributed by atoms with E-state index in [2.05, 4.69) is 5.32 Å². The number of phenols is 1. The van der Waals surface area contributed by atoms with Crippen LogP contribution in [0.4, 0.5) is 18.9 Å². The predicted octanol–water partition coefficient (Wildman–Crippen LogP) is 1.79. The van der Waals surface area contributed by atoms with Gasteiger partial charge in [0, 0.05) is 31.7 Å². The van der Waals surface area contributed by atoms with E-state index in [1.807, 2.05) is 0 Å². The van der Waals surface area contributed by atoms with Crippen LogP contribution in [0.5, 0.6) is 5.75 Å². The Morgan fingerprint density at radius 1 is 1.30 bits per heavy atom. The Hall–Kier alpha value is -1.47. The first-order chi connectivity index (χ1) is 9.32. The molecule has 112 valence electrons. The van der Waals surface area contributed by atoms with Gasteiger partial charge < -0.3 is 16.2 Å². The summed E-state index contributed by atoms with van der Waals surface area (Å²) in [4.78, 5) is 1.33. The number of alkyl halides is 3. The van der Waals surface area contributed by atoms with Gasteiger partial charge in [0.15, 0.2) is 0 Å². The number of phenolic OH excluding ortho intramolecular Hbond substituents is 1. The Morgan fingerprint density at radius 2 is 1.90 bits per heavy atom. The number of nitrogens with zero attached hydrogens (tertiary/aromatic N) is 1. The molecule has 0 aromatic heterocycles. The number of aryl methyl sites for hydroxylation is 1. The minimum atomic E-state index is -4.46. The minimum Gasteiger partial charge on any atom is -0.505 e. The molecule has 1 heterocycles. The third-order valence-electron chi connectivity index (χ3n) is 3.57. The molecule has 2 rings (SSSR count). The van der Waals surface area contributed by atoms with Gasteiger partial charge in [0.1, 0.15) is 11.8 Å². The highest BCUT2D eigenvalue weighted by Crippen LogP contribution is 2.44. The number of nitrogens with one attached hydrogen (secondary N) is 1. The van der Waals surface area contributed by atoms with E-state index in [9.17, 15) is 18.3 Å². The summed E-state index contributed by atoms with van der Waals surface area (Å²) in [6, 6.07) is 1.10. The zero-order chi connectivity index (χ0) is 14.9. The second-order valence-corrected chi connectivity index (χ2v) is 4.96. The number of nitrogens with two attached hydrogens (primary N) is 1. The third kappa shape index (κ3) is 2.83. The maximum absolute atomic E-state index is 13.5. The highest BCUT2D eigenvalue weighted by atomic mass is 19.4. The summed E-state index contributed by atoms with van der Waals surface area (Å²) in [6.07, 6.45) is -4.46. The molecule has 1 saturated heterocycles. The smallest absolute Gasteiger partial charge is 0.408 e. The van der Waals surface area contributed by atoms with Crippen molar-refractivity contribution in [3.63, 3.8) is 0 Å². The fraction of sp³-hybridized carbons (Fsp3) is 0.538. The Labute approximate surface area is 115 Å². The first-order valence-corrected chi connectivity index (χ1v) is 6.42. The van der Waals surface area contributed by atoms with Gasteiger partial charge in [-0.05, 0) is 18.6 Å². The zero-order valence-electron chi connectivity index (χ0n) is 11.2. The lowest BCUT2D eigenvalue weighted by Crippen LogP contribution is -2.49. The molecule has 4 N–H and O–H groups in total. The molecule has 1 fully saturated rings. The summed E-state index contributed by atoms with van der Waals surface area (Å²) in [5.74, 6) is -0.467. The Morgan fingerprint density at radius 3 is 2.45 bits per heavy atom. The van der Waals surface area contributed by atoms with Crippen molar-refractivity contribution in [1.82, 2.24) is 10.2 Å². The van der Waals surface area contributed by atoms with E-state index < -0.39 is 18.0 Å². The van der Waals surface area contributed by atoms with E-state index >= 15 is 0 Å². The summed E-state index contributed by atoms with van der Waals surface area (Å²) in [5.41, 5.74) is 5.77. The van der Waals surface area contributed by atoms with Crippen molar-refractivity contribution < 1.29 is 18.3 Å². The van der Waals surface area contributed by atoms with Crippen molar-refractivity contribution in [1.29, 1.82) is 0 Å². The van der Waals surface area contributed by atoms with Crippen LogP contribution in [0.3, 0.4) is 0 Å². The molecule has 0 aliphatic carbocycles. The molecule has 0 radical (unpaired) electrons. The summed E-state index contributed by atoms with van der Waals surface area (Å²) in [6.45, 7) is 3.09. The fourth-order valence-electron chi connectivity index (χ4n) is 2.56. The summed E-state index contributed by atoms with van der Waals surface area (Å²) in [7, 11) is 0. The van der Waals surface area contributed by atoms with Crippen LogP contribution in [0.15, 0.2) is 12.1 Å². The van der Waals surface area contributed by atoms with Crippen molar-refractivity contribution in [2.75, 3.05) is 31.9 Å². The van der Waals surface area contributed by atoms with Crippen LogP contribution in [0.2, 0.25) is 0 Å². The lowest BCUT2D eigenvalue weighted by molar-refractivity contribution is -0.188. The monoisotopic (exact) mass is 289 g/mol. The molecule has 4 nitrogen and oxygen atoms in total. The molecule has 20 heavy (non-hydrogen) atoms. The molecule has 1 aliphatic rings. The predicted molar refractivity (Wildman–Crippen MR) is 70.5 cm³/mol. The average Bonchev–Trinajstić information content (AvgIpc) is 2.39. The largest absolute Gasteiger partial charge is 0.505 e. The van der Waals surface area contributed by atoms with Crippen molar-refractivity contribution in [3.8, 4) is 5.75 Å². The van der Waals surface area contributed by atoms with E-state index in [4.69, 9.17) is 5.73 Å². The van der Waals surface area contributed by atoms with Crippen LogP contribution in [0, 0.1) is 6.92 Å². The molecule has 0 saturated carbocycles. The second-order valence-electron chi connectivity index (χ2n) is 4.96. The molecule has 1 aliphatic heterocycles. The van der Waals surface area contributed by atoms with Crippen LogP contribution < -0.4 is 11.1 Å². The molecule has 1 aromatic rings. The first kappa shape index (κ1) is 14.9. The Kier molecular flexibility index (Phi) is 4.10. The van der Waals surface area contributed by atoms with Gasteiger partial charge in [-0.2, -0.15) is 13.2 Å². The lowest BCUT2D eigenvalue weighted by Gasteiger charge is -2.37. The second kappa shape index (κ2) is 5.49. The highest BCUT2D eigenvalue weighted by molar-refractivity contribution is 5.59. The van der Waals surface area contributed by atoms with Gasteiger partial charge in [-0.1, -0.05) is 6.07 Å². The molecule has 0 bridgehead atoms. The number of aromatic hydroxyl groups is 1. The average molecular weight is 289 g/mol. The standard InChI is InChI=1S/C13H18F3N3O/c1-8-2-3-9(17)11(20)10(8)12(13(14,15)16)19-6-4-18-5-7-19/h2-3,12,18,20H,4-7,17H2,1H3/t12-/m0/s1. The van der Waals surface area contributed by atoms with E-state index in [0.29, 0.717) is 18.7 Å². The quantitative estimate of drug-likeness (QED) is 0.574. The van der Waals surface area contributed by atoms with Crippen LogP contribution in [-0.4, -0.2) is 42.4 Å². The van der Waals surface area contributed by atoms with Gasteiger partial charge in [0.05, 0.1) is 5.69 Å². The third-order valence-corrected chi connectivity index (χ3v) is 3.57. The van der Waals surface area contributed by atoms with E-state index in [1.54, 1.807) is 6.92 Å². The van der Waals surface area contributed by atoms with Crippen molar-refractivity contribution in [3.05, 3.63) is 23.3 Å². The van der Waals surface area contributed by atoms with Crippen LogP contribution in [0.1, 0.15) is 17.2 Å². The van der Waals surface area contributed by atoms with Gasteiger partial charge in [0.25, 0.3) is 0 Å². The normalized spacial score (nSPS) is 19.0. The summed E-state index contributed by atoms with van der Waals surface area (Å²) < 4.78 is 40.4. The van der Waals surface area contributed by atoms with Gasteiger partial charge in [0.2, 0.25) is 0 Å². The molecule has 0 spiro atoms. The minimum absolute atomic E-state index is 0.0324. The lowest BCUT2D eigenvalue weighted by atomic mass is 9.96. The van der Waals surface area contributed by atoms with Crippen molar-refractivity contribution in [2.24, 2.45) is 0 Å². The van der Waals surface area contributed by atoms with Crippen molar-refractivity contribution >= 4 is 5.69 Å². The number of halogens is 3. The molecule has 1 aromatic carbocycles. The van der Waals surface area contributed by atoms with E-state index in [-0.39, 0.29) is 24.3 Å². The number of anilines is 1. The summed E-state index contributed by atoms with van der Waals surface area (Å²) >= 11 is 0. The zero-order valence-corrected chi connectivity index (χ0v) is 11.2. The molecular formula is C13H18F3N3O. The number of hydrogen-bond acceptors (Lipinski definition) is 4. The van der Waals surface area contributed by atoms with Gasteiger partial charge in [-0.15, -0.1) is 0 Å². The highest BCUT2D eigenvalue weighted by Gasteiger charge is 2.47. The maximum atomic E-state index is 13.5. The van der Waals surface area contributed by atoms with Crippen LogP contribution >= 0.6 is 0 Å². The number of nitrogen functional groups attached to an aromatic ring is 1. The van der Waals surface area contributed by atoms with E-state index in [0.717, 1.165) is 0 Å². The van der Waals surface area contributed by atoms with Gasteiger partial charge >= 0.3 is 6.18 Å². The number of benzene rings is 1. The maximum Gasteiger partial charge on any atom is 0.408 e. The molecule has 1 atom stereocenters. The molecule has 7 heteroatoms. The van der Waals surface area contributed by atoms with E-state index in [1.165, 1.54) is 17.0 Å². The fourth-order valence-corrected chi connectivity index (χ4v) is 2.56. The van der Waals surface area contributed by atoms with Gasteiger partial charge in [-0.3, -0.25) is 4.90 Å². The SMILES string of the molecule is Cc1ccc(N)c(O)c1[C@H](N1CCNCC1)C(F)(F)F. The number of hydrogen-bond donors (Lipinski definition) is 3. The van der Waals surface area contributed by atoms with Crippen LogP contribution in [-0.2, 0) is 0 Å². The molecule has 0 unspecified atom stereocenters. The van der Waals surface area contributed by atoms with Crippen molar-refractivity contribution in [2.45, 2.75) is 19.1 Å². The topological polar surface area (TPSA) is 61.5 Å². The first-order valence-electron chi connectivity index (χ1n) is 6.42. The molecule has 0 amide bonds. The van der Waals surface area contributed by atoms with Gasteiger partial charge in [-0.25, -0.2) is 0 Å². The number of rotatable bonds is 2. The molecular weight excluding hydrogens is 271 g/mol. The summed E-state index contributed by atoms with van der Waals surface area (Å²) in [5, 5.41) is 13.0.